The summed E-state index contributed by atoms with van der Waals surface area (Å²) in [7, 11) is 0. The van der Waals surface area contributed by atoms with Crippen LogP contribution in [0.15, 0.2) is 24.3 Å². The van der Waals surface area contributed by atoms with Crippen LogP contribution in [0.2, 0.25) is 0 Å². The van der Waals surface area contributed by atoms with Gasteiger partial charge in [0.1, 0.15) is 0 Å². The average molecular weight is 312 g/mol. The Kier molecular flexibility index (Phi) is 7.02. The van der Waals surface area contributed by atoms with Crippen LogP contribution in [-0.4, -0.2) is 17.3 Å². The number of benzene rings is 1. The molecule has 0 spiro atoms. The van der Waals surface area contributed by atoms with Gasteiger partial charge in [0.2, 0.25) is 5.91 Å². The predicted octanol–water partition coefficient (Wildman–Crippen LogP) is 3.61. The zero-order valence-electron chi connectivity index (χ0n) is 11.2. The van der Waals surface area contributed by atoms with Gasteiger partial charge in [-0.1, -0.05) is 47.1 Å². The molecule has 0 aliphatic rings. The molecule has 1 unspecified atom stereocenters. The van der Waals surface area contributed by atoms with Gasteiger partial charge >= 0.3 is 0 Å². The van der Waals surface area contributed by atoms with E-state index >= 15 is 0 Å². The van der Waals surface area contributed by atoms with Crippen LogP contribution in [0, 0.1) is 6.92 Å². The lowest BCUT2D eigenvalue weighted by Crippen LogP contribution is -2.25. The van der Waals surface area contributed by atoms with Crippen molar-refractivity contribution in [2.75, 3.05) is 6.54 Å². The summed E-state index contributed by atoms with van der Waals surface area (Å²) in [6, 6.07) is 8.23. The van der Waals surface area contributed by atoms with Crippen molar-refractivity contribution < 1.29 is 4.79 Å². The fourth-order valence-corrected chi connectivity index (χ4v) is 2.16. The number of nitrogens with one attached hydrogen (secondary N) is 1. The van der Waals surface area contributed by atoms with Crippen molar-refractivity contribution in [1.82, 2.24) is 5.32 Å². The van der Waals surface area contributed by atoms with Gasteiger partial charge in [-0.2, -0.15) is 0 Å². The number of carbonyl (C=O) groups excluding carboxylic acids is 1. The Hall–Kier alpha value is -0.830. The minimum Gasteiger partial charge on any atom is -0.356 e. The van der Waals surface area contributed by atoms with E-state index in [4.69, 9.17) is 0 Å². The normalized spacial score (nSPS) is 12.2. The molecule has 18 heavy (non-hydrogen) atoms. The Morgan fingerprint density at radius 2 is 2.11 bits per heavy atom. The summed E-state index contributed by atoms with van der Waals surface area (Å²) in [5, 5.41) is 2.97. The van der Waals surface area contributed by atoms with Crippen LogP contribution in [0.25, 0.3) is 0 Å². The first-order valence-electron chi connectivity index (χ1n) is 6.55. The lowest BCUT2D eigenvalue weighted by molar-refractivity contribution is -0.121. The van der Waals surface area contributed by atoms with Gasteiger partial charge in [0.15, 0.2) is 0 Å². The first-order chi connectivity index (χ1) is 8.59. The molecular weight excluding hydrogens is 290 g/mol. The molecule has 2 nitrogen and oxygen atoms in total. The van der Waals surface area contributed by atoms with Gasteiger partial charge in [-0.25, -0.2) is 0 Å². The monoisotopic (exact) mass is 311 g/mol. The molecule has 3 heteroatoms. The molecule has 1 rings (SSSR count). The summed E-state index contributed by atoms with van der Waals surface area (Å²) < 4.78 is 0. The molecule has 0 aliphatic heterocycles. The molecule has 100 valence electrons. The summed E-state index contributed by atoms with van der Waals surface area (Å²) >= 11 is 3.50. The van der Waals surface area contributed by atoms with E-state index in [0.29, 0.717) is 11.2 Å². The molecule has 0 radical (unpaired) electrons. The number of alkyl halides is 1. The van der Waals surface area contributed by atoms with E-state index in [1.54, 1.807) is 0 Å². The number of halogens is 1. The van der Waals surface area contributed by atoms with Crippen molar-refractivity contribution in [2.24, 2.45) is 0 Å². The van der Waals surface area contributed by atoms with Gasteiger partial charge in [0, 0.05) is 17.8 Å². The lowest BCUT2D eigenvalue weighted by atomic mass is 10.0. The molecule has 0 bridgehead atoms. The van der Waals surface area contributed by atoms with Crippen molar-refractivity contribution in [3.8, 4) is 0 Å². The van der Waals surface area contributed by atoms with Gasteiger partial charge in [0.25, 0.3) is 0 Å². The van der Waals surface area contributed by atoms with E-state index in [1.165, 1.54) is 11.1 Å². The second-order valence-electron chi connectivity index (χ2n) is 4.70. The molecule has 1 N–H and O–H groups in total. The van der Waals surface area contributed by atoms with E-state index < -0.39 is 0 Å². The SMILES string of the molecule is Cc1ccccc1CCC(=O)NCCCC(C)Br. The Balaban J connectivity index is 2.19. The van der Waals surface area contributed by atoms with Crippen LogP contribution >= 0.6 is 15.9 Å². The quantitative estimate of drug-likeness (QED) is 0.605. The topological polar surface area (TPSA) is 29.1 Å². The summed E-state index contributed by atoms with van der Waals surface area (Å²) in [5.41, 5.74) is 2.53. The van der Waals surface area contributed by atoms with Gasteiger partial charge in [-0.05, 0) is 37.3 Å². The highest BCUT2D eigenvalue weighted by Gasteiger charge is 2.03. The Bertz CT molecular complexity index is 377. The minimum absolute atomic E-state index is 0.153. The first-order valence-corrected chi connectivity index (χ1v) is 7.46. The summed E-state index contributed by atoms with van der Waals surface area (Å²) in [4.78, 5) is 12.2. The molecule has 0 saturated carbocycles. The summed E-state index contributed by atoms with van der Waals surface area (Å²) in [6.45, 7) is 4.99. The fraction of sp³-hybridized carbons (Fsp3) is 0.533. The molecule has 0 saturated heterocycles. The van der Waals surface area contributed by atoms with E-state index in [-0.39, 0.29) is 5.91 Å². The molecule has 0 fully saturated rings. The highest BCUT2D eigenvalue weighted by Crippen LogP contribution is 2.09. The van der Waals surface area contributed by atoms with Crippen LogP contribution < -0.4 is 5.32 Å². The number of amides is 1. The maximum Gasteiger partial charge on any atom is 0.220 e. The fourth-order valence-electron chi connectivity index (χ4n) is 1.84. The number of aryl methyl sites for hydroxylation is 2. The van der Waals surface area contributed by atoms with Crippen molar-refractivity contribution in [3.05, 3.63) is 35.4 Å². The van der Waals surface area contributed by atoms with E-state index in [0.717, 1.165) is 25.8 Å². The lowest BCUT2D eigenvalue weighted by Gasteiger charge is -2.07. The molecule has 1 aromatic rings. The zero-order valence-corrected chi connectivity index (χ0v) is 12.8. The van der Waals surface area contributed by atoms with Crippen LogP contribution in [0.5, 0.6) is 0 Å². The average Bonchev–Trinajstić information content (AvgIpc) is 2.33. The first kappa shape index (κ1) is 15.2. The number of hydrogen-bond acceptors (Lipinski definition) is 1. The molecular formula is C15H22BrNO. The molecule has 0 aromatic heterocycles. The van der Waals surface area contributed by atoms with Gasteiger partial charge in [0.05, 0.1) is 0 Å². The molecule has 1 aromatic carbocycles. The van der Waals surface area contributed by atoms with E-state index in [1.807, 2.05) is 12.1 Å². The third-order valence-electron chi connectivity index (χ3n) is 2.98. The van der Waals surface area contributed by atoms with Gasteiger partial charge in [-0.3, -0.25) is 4.79 Å². The number of rotatable bonds is 7. The Morgan fingerprint density at radius 3 is 2.78 bits per heavy atom. The smallest absolute Gasteiger partial charge is 0.220 e. The second-order valence-corrected chi connectivity index (χ2v) is 6.26. The number of hydrogen-bond donors (Lipinski definition) is 1. The Labute approximate surface area is 118 Å². The molecule has 0 aliphatic carbocycles. The van der Waals surface area contributed by atoms with E-state index in [2.05, 4.69) is 47.2 Å². The maximum absolute atomic E-state index is 11.6. The highest BCUT2D eigenvalue weighted by molar-refractivity contribution is 9.09. The highest BCUT2D eigenvalue weighted by atomic mass is 79.9. The van der Waals surface area contributed by atoms with Gasteiger partial charge < -0.3 is 5.32 Å². The van der Waals surface area contributed by atoms with Crippen molar-refractivity contribution in [2.45, 2.75) is 44.4 Å². The van der Waals surface area contributed by atoms with E-state index in [9.17, 15) is 4.79 Å². The Morgan fingerprint density at radius 1 is 1.39 bits per heavy atom. The minimum atomic E-state index is 0.153. The van der Waals surface area contributed by atoms with Crippen molar-refractivity contribution in [3.63, 3.8) is 0 Å². The maximum atomic E-state index is 11.6. The molecule has 1 amide bonds. The van der Waals surface area contributed by atoms with Crippen LogP contribution in [0.1, 0.15) is 37.3 Å². The summed E-state index contributed by atoms with van der Waals surface area (Å²) in [5.74, 6) is 0.153. The predicted molar refractivity (Wildman–Crippen MR) is 80.1 cm³/mol. The van der Waals surface area contributed by atoms with Crippen LogP contribution in [0.4, 0.5) is 0 Å². The largest absolute Gasteiger partial charge is 0.356 e. The molecule has 0 heterocycles. The van der Waals surface area contributed by atoms with Crippen LogP contribution in [-0.2, 0) is 11.2 Å². The summed E-state index contributed by atoms with van der Waals surface area (Å²) in [6.07, 6.45) is 3.53. The van der Waals surface area contributed by atoms with Crippen LogP contribution in [0.3, 0.4) is 0 Å². The zero-order chi connectivity index (χ0) is 13.4. The third-order valence-corrected chi connectivity index (χ3v) is 3.44. The van der Waals surface area contributed by atoms with Gasteiger partial charge in [-0.15, -0.1) is 0 Å². The third kappa shape index (κ3) is 6.20. The van der Waals surface area contributed by atoms with Crippen molar-refractivity contribution in [1.29, 1.82) is 0 Å². The standard InChI is InChI=1S/C15H22BrNO/c1-12-6-3-4-8-14(12)9-10-15(18)17-11-5-7-13(2)16/h3-4,6,8,13H,5,7,9-11H2,1-2H3,(H,17,18). The van der Waals surface area contributed by atoms with Crippen molar-refractivity contribution >= 4 is 21.8 Å². The number of carbonyl (C=O) groups is 1. The molecule has 1 atom stereocenters. The second kappa shape index (κ2) is 8.30.